The van der Waals surface area contributed by atoms with Gasteiger partial charge in [-0.15, -0.1) is 11.8 Å². The van der Waals surface area contributed by atoms with Crippen LogP contribution < -0.4 is 5.32 Å². The molecule has 0 aromatic carbocycles. The second-order valence-electron chi connectivity index (χ2n) is 5.47. The van der Waals surface area contributed by atoms with Crippen LogP contribution in [-0.4, -0.2) is 18.1 Å². The zero-order chi connectivity index (χ0) is 11.1. The summed E-state index contributed by atoms with van der Waals surface area (Å²) in [6.07, 6.45) is 1.80. The van der Waals surface area contributed by atoms with Gasteiger partial charge in [-0.25, -0.2) is 0 Å². The number of allylic oxidation sites excluding steroid dienone is 2. The van der Waals surface area contributed by atoms with Crippen LogP contribution >= 0.6 is 11.8 Å². The van der Waals surface area contributed by atoms with Gasteiger partial charge in [0.1, 0.15) is 0 Å². The van der Waals surface area contributed by atoms with Crippen LogP contribution in [0.15, 0.2) is 10.6 Å². The van der Waals surface area contributed by atoms with Crippen LogP contribution in [0.1, 0.15) is 33.6 Å². The fraction of sp³-hybridized carbons (Fsp3) is 0.750. The number of carbonyl (C=O) groups is 1. The van der Waals surface area contributed by atoms with Crippen molar-refractivity contribution in [2.45, 2.75) is 33.6 Å². The van der Waals surface area contributed by atoms with Gasteiger partial charge in [-0.2, -0.15) is 0 Å². The number of carbonyl (C=O) groups excluding carboxylic acids is 1. The van der Waals surface area contributed by atoms with E-state index in [1.54, 1.807) is 0 Å². The number of nitrogens with one attached hydrogen (secondary N) is 1. The van der Waals surface area contributed by atoms with E-state index in [2.05, 4.69) is 26.1 Å². The highest BCUT2D eigenvalue weighted by atomic mass is 32.2. The second-order valence-corrected chi connectivity index (χ2v) is 6.66. The molecule has 1 aliphatic heterocycles. The third-order valence-corrected chi connectivity index (χ3v) is 4.45. The van der Waals surface area contributed by atoms with Crippen LogP contribution in [0.5, 0.6) is 0 Å². The van der Waals surface area contributed by atoms with Crippen LogP contribution in [0.3, 0.4) is 0 Å². The summed E-state index contributed by atoms with van der Waals surface area (Å²) in [6, 6.07) is 0. The van der Waals surface area contributed by atoms with Gasteiger partial charge in [0.2, 0.25) is 0 Å². The van der Waals surface area contributed by atoms with Crippen molar-refractivity contribution in [3.05, 3.63) is 10.6 Å². The van der Waals surface area contributed by atoms with Gasteiger partial charge in [0, 0.05) is 23.6 Å². The summed E-state index contributed by atoms with van der Waals surface area (Å²) in [5.41, 5.74) is 1.17. The number of Topliss-reactive ketones (excluding diaryl/α,β-unsaturated/α-hetero) is 1. The molecule has 0 amide bonds. The van der Waals surface area contributed by atoms with E-state index in [-0.39, 0.29) is 5.41 Å². The predicted molar refractivity (Wildman–Crippen MR) is 64.7 cm³/mol. The highest BCUT2D eigenvalue weighted by molar-refractivity contribution is 8.03. The molecule has 0 aromatic heterocycles. The molecule has 0 aromatic rings. The van der Waals surface area contributed by atoms with Crippen molar-refractivity contribution < 1.29 is 4.79 Å². The lowest BCUT2D eigenvalue weighted by atomic mass is 9.73. The van der Waals surface area contributed by atoms with E-state index in [4.69, 9.17) is 0 Å². The van der Waals surface area contributed by atoms with Crippen molar-refractivity contribution in [1.29, 1.82) is 0 Å². The Balaban J connectivity index is 2.22. The van der Waals surface area contributed by atoms with E-state index in [0.717, 1.165) is 30.8 Å². The predicted octanol–water partition coefficient (Wildman–Crippen LogP) is 2.56. The molecule has 1 unspecified atom stereocenters. The van der Waals surface area contributed by atoms with E-state index < -0.39 is 0 Å². The van der Waals surface area contributed by atoms with Crippen LogP contribution in [0.25, 0.3) is 0 Å². The molecule has 1 atom stereocenters. The Bertz CT molecular complexity index is 314. The number of rotatable bonds is 0. The monoisotopic (exact) mass is 225 g/mol. The first-order valence-corrected chi connectivity index (χ1v) is 6.60. The van der Waals surface area contributed by atoms with Gasteiger partial charge >= 0.3 is 0 Å². The van der Waals surface area contributed by atoms with Crippen molar-refractivity contribution in [2.24, 2.45) is 11.3 Å². The van der Waals surface area contributed by atoms with E-state index >= 15 is 0 Å². The molecule has 0 radical (unpaired) electrons. The highest BCUT2D eigenvalue weighted by Gasteiger charge is 2.35. The third kappa shape index (κ3) is 2.22. The fourth-order valence-electron chi connectivity index (χ4n) is 2.17. The molecular formula is C12H19NOS. The van der Waals surface area contributed by atoms with Crippen molar-refractivity contribution >= 4 is 17.5 Å². The average Bonchev–Trinajstić information content (AvgIpc) is 2.16. The summed E-state index contributed by atoms with van der Waals surface area (Å²) in [4.78, 5) is 13.3. The molecule has 2 nitrogen and oxygen atoms in total. The minimum atomic E-state index is 0.242. The number of hydrogen-bond acceptors (Lipinski definition) is 3. The Morgan fingerprint density at radius 2 is 2.07 bits per heavy atom. The summed E-state index contributed by atoms with van der Waals surface area (Å²) >= 11 is 1.87. The minimum absolute atomic E-state index is 0.242. The Kier molecular flexibility index (Phi) is 2.84. The first-order chi connectivity index (χ1) is 6.98. The topological polar surface area (TPSA) is 29.1 Å². The lowest BCUT2D eigenvalue weighted by Gasteiger charge is -2.36. The maximum absolute atomic E-state index is 12.0. The molecule has 15 heavy (non-hydrogen) atoms. The van der Waals surface area contributed by atoms with Crippen molar-refractivity contribution in [2.75, 3.05) is 12.3 Å². The smallest absolute Gasteiger partial charge is 0.179 e. The first kappa shape index (κ1) is 11.1. The lowest BCUT2D eigenvalue weighted by Crippen LogP contribution is -2.36. The van der Waals surface area contributed by atoms with Crippen LogP contribution in [0.4, 0.5) is 0 Å². The molecule has 1 N–H and O–H groups in total. The Morgan fingerprint density at radius 1 is 1.33 bits per heavy atom. The normalized spacial score (nSPS) is 27.4. The van der Waals surface area contributed by atoms with Gasteiger partial charge in [0.25, 0.3) is 0 Å². The Morgan fingerprint density at radius 3 is 2.73 bits per heavy atom. The van der Waals surface area contributed by atoms with E-state index in [1.165, 1.54) is 4.91 Å². The molecule has 2 rings (SSSR count). The van der Waals surface area contributed by atoms with Crippen LogP contribution in [0, 0.1) is 11.3 Å². The quantitative estimate of drug-likeness (QED) is 0.687. The second kappa shape index (κ2) is 3.85. The summed E-state index contributed by atoms with van der Waals surface area (Å²) in [5.74, 6) is 1.93. The van der Waals surface area contributed by atoms with Crippen molar-refractivity contribution in [3.63, 3.8) is 0 Å². The van der Waals surface area contributed by atoms with E-state index in [9.17, 15) is 4.79 Å². The Labute approximate surface area is 95.9 Å². The Hall–Kier alpha value is -0.440. The summed E-state index contributed by atoms with van der Waals surface area (Å²) in [7, 11) is 0. The molecular weight excluding hydrogens is 206 g/mol. The number of thioether (sulfide) groups is 1. The maximum atomic E-state index is 12.0. The van der Waals surface area contributed by atoms with E-state index in [0.29, 0.717) is 11.7 Å². The third-order valence-electron chi connectivity index (χ3n) is 3.33. The molecule has 2 aliphatic rings. The molecule has 1 aliphatic carbocycles. The van der Waals surface area contributed by atoms with Gasteiger partial charge in [-0.3, -0.25) is 4.79 Å². The molecule has 0 spiro atoms. The van der Waals surface area contributed by atoms with Crippen LogP contribution in [-0.2, 0) is 4.79 Å². The molecule has 3 heteroatoms. The van der Waals surface area contributed by atoms with Crippen molar-refractivity contribution in [3.8, 4) is 0 Å². The molecule has 0 bridgehead atoms. The van der Waals surface area contributed by atoms with E-state index in [1.807, 2.05) is 11.8 Å². The zero-order valence-corrected chi connectivity index (χ0v) is 10.5. The molecule has 84 valence electrons. The highest BCUT2D eigenvalue weighted by Crippen LogP contribution is 2.42. The molecule has 0 saturated heterocycles. The summed E-state index contributed by atoms with van der Waals surface area (Å²) in [5, 5.41) is 3.25. The molecule has 1 heterocycles. The number of ketones is 1. The number of hydrogen-bond donors (Lipinski definition) is 1. The van der Waals surface area contributed by atoms with Gasteiger partial charge in [-0.05, 0) is 17.8 Å². The largest absolute Gasteiger partial charge is 0.381 e. The minimum Gasteiger partial charge on any atom is -0.381 e. The average molecular weight is 225 g/mol. The van der Waals surface area contributed by atoms with Crippen molar-refractivity contribution in [1.82, 2.24) is 5.32 Å². The van der Waals surface area contributed by atoms with Gasteiger partial charge in [0.15, 0.2) is 5.78 Å². The van der Waals surface area contributed by atoms with Gasteiger partial charge in [0.05, 0.1) is 5.70 Å². The molecule has 0 fully saturated rings. The summed E-state index contributed by atoms with van der Waals surface area (Å²) in [6.45, 7) is 7.64. The zero-order valence-electron chi connectivity index (χ0n) is 9.72. The standard InChI is InChI=1S/C12H19NOS/c1-12(2,3)8-6-9(14)11-10(7-8)15-5-4-13-11/h8,13H,4-7H2,1-3H3. The van der Waals surface area contributed by atoms with Crippen LogP contribution in [0.2, 0.25) is 0 Å². The SMILES string of the molecule is CC(C)(C)C1CC(=O)C2=C(C1)SCCN2. The van der Waals surface area contributed by atoms with Gasteiger partial charge in [-0.1, -0.05) is 20.8 Å². The summed E-state index contributed by atoms with van der Waals surface area (Å²) < 4.78 is 0. The fourth-order valence-corrected chi connectivity index (χ4v) is 3.27. The molecule has 0 saturated carbocycles. The first-order valence-electron chi connectivity index (χ1n) is 5.61. The van der Waals surface area contributed by atoms with Gasteiger partial charge < -0.3 is 5.32 Å². The maximum Gasteiger partial charge on any atom is 0.179 e. The lowest BCUT2D eigenvalue weighted by molar-refractivity contribution is -0.118.